The van der Waals surface area contributed by atoms with Crippen LogP contribution < -0.4 is 4.90 Å². The third-order valence-electron chi connectivity index (χ3n) is 5.42. The van der Waals surface area contributed by atoms with Gasteiger partial charge in [-0.05, 0) is 17.2 Å². The Balaban J connectivity index is 1.45. The number of aromatic nitrogens is 3. The first kappa shape index (κ1) is 17.4. The molecule has 0 saturated heterocycles. The topological polar surface area (TPSA) is 71.1 Å². The van der Waals surface area contributed by atoms with Gasteiger partial charge in [-0.25, -0.2) is 14.8 Å². The average Bonchev–Trinajstić information content (AvgIpc) is 3.16. The monoisotopic (exact) mass is 384 g/mol. The lowest BCUT2D eigenvalue weighted by Crippen LogP contribution is -2.31. The van der Waals surface area contributed by atoms with Gasteiger partial charge in [-0.3, -0.25) is 0 Å². The fraction of sp³-hybridized carbons (Fsp3) is 0.174. The van der Waals surface area contributed by atoms with E-state index in [0.29, 0.717) is 11.5 Å². The molecule has 6 heteroatoms. The van der Waals surface area contributed by atoms with Gasteiger partial charge in [0, 0.05) is 54.1 Å². The summed E-state index contributed by atoms with van der Waals surface area (Å²) in [6.45, 7) is 1.56. The maximum absolute atomic E-state index is 11.6. The molecule has 2 aromatic carbocycles. The molecule has 0 unspecified atom stereocenters. The Morgan fingerprint density at radius 2 is 1.86 bits per heavy atom. The molecule has 1 N–H and O–H groups in total. The van der Waals surface area contributed by atoms with E-state index in [-0.39, 0.29) is 0 Å². The number of carbonyl (C=O) groups is 1. The van der Waals surface area contributed by atoms with Gasteiger partial charge < -0.3 is 14.6 Å². The summed E-state index contributed by atoms with van der Waals surface area (Å²) in [6.07, 6.45) is 3.93. The smallest absolute Gasteiger partial charge is 0.341 e. The lowest BCUT2D eigenvalue weighted by Gasteiger charge is -2.27. The van der Waals surface area contributed by atoms with Gasteiger partial charge in [-0.1, -0.05) is 42.5 Å². The summed E-state index contributed by atoms with van der Waals surface area (Å²) in [7, 11) is 1.35. The molecule has 2 aromatic heterocycles. The number of nitrogens with one attached hydrogen (secondary N) is 1. The second kappa shape index (κ2) is 7.05. The van der Waals surface area contributed by atoms with Gasteiger partial charge in [0.05, 0.1) is 12.7 Å². The molecule has 1 aliphatic rings. The van der Waals surface area contributed by atoms with Crippen molar-refractivity contribution in [3.05, 3.63) is 77.7 Å². The van der Waals surface area contributed by atoms with Gasteiger partial charge in [0.2, 0.25) is 5.95 Å². The van der Waals surface area contributed by atoms with Gasteiger partial charge in [-0.15, -0.1) is 0 Å². The standard InChI is InChI=1S/C23H20N4O2/c1-29-22(28)17-12-24-23(25-13-17)27-10-9-20-19(14-27)18-8-7-16(11-21(18)26-20)15-5-3-2-4-6-15/h2-8,11-13,26H,9-10,14H2,1H3. The molecular formula is C23H20N4O2. The number of esters is 1. The van der Waals surface area contributed by atoms with Crippen LogP contribution in [0.1, 0.15) is 21.6 Å². The molecule has 0 bridgehead atoms. The molecule has 0 atom stereocenters. The van der Waals surface area contributed by atoms with Crippen molar-refractivity contribution in [2.45, 2.75) is 13.0 Å². The fourth-order valence-electron chi connectivity index (χ4n) is 3.91. The second-order valence-electron chi connectivity index (χ2n) is 7.14. The van der Waals surface area contributed by atoms with Crippen LogP contribution in [-0.4, -0.2) is 34.6 Å². The Kier molecular flexibility index (Phi) is 4.24. The Hall–Kier alpha value is -3.67. The summed E-state index contributed by atoms with van der Waals surface area (Å²) in [6, 6.07) is 17.0. The zero-order valence-electron chi connectivity index (χ0n) is 16.1. The summed E-state index contributed by atoms with van der Waals surface area (Å²) in [5, 5.41) is 1.23. The van der Waals surface area contributed by atoms with Crippen LogP contribution in [0, 0.1) is 0 Å². The molecule has 4 aromatic rings. The third-order valence-corrected chi connectivity index (χ3v) is 5.42. The number of benzene rings is 2. The van der Waals surface area contributed by atoms with Crippen LogP contribution in [0.25, 0.3) is 22.0 Å². The maximum atomic E-state index is 11.6. The molecule has 0 spiro atoms. The molecule has 0 aliphatic carbocycles. The predicted octanol–water partition coefficient (Wildman–Crippen LogP) is 3.97. The van der Waals surface area contributed by atoms with Crippen molar-refractivity contribution >= 4 is 22.8 Å². The van der Waals surface area contributed by atoms with Gasteiger partial charge in [0.25, 0.3) is 0 Å². The number of aromatic amines is 1. The molecule has 5 rings (SSSR count). The van der Waals surface area contributed by atoms with E-state index in [1.54, 1.807) is 0 Å². The van der Waals surface area contributed by atoms with E-state index in [1.165, 1.54) is 47.3 Å². The van der Waals surface area contributed by atoms with Crippen molar-refractivity contribution in [2.24, 2.45) is 0 Å². The molecular weight excluding hydrogens is 364 g/mol. The highest BCUT2D eigenvalue weighted by Crippen LogP contribution is 2.32. The third kappa shape index (κ3) is 3.12. The number of methoxy groups -OCH3 is 1. The minimum atomic E-state index is -0.427. The first-order valence-electron chi connectivity index (χ1n) is 9.57. The summed E-state index contributed by atoms with van der Waals surface area (Å²) in [5.41, 5.74) is 6.48. The lowest BCUT2D eigenvalue weighted by atomic mass is 10.0. The van der Waals surface area contributed by atoms with Crippen LogP contribution in [0.2, 0.25) is 0 Å². The predicted molar refractivity (Wildman–Crippen MR) is 112 cm³/mol. The van der Waals surface area contributed by atoms with E-state index in [0.717, 1.165) is 25.0 Å². The number of hydrogen-bond donors (Lipinski definition) is 1. The summed E-state index contributed by atoms with van der Waals surface area (Å²) in [4.78, 5) is 26.1. The molecule has 0 saturated carbocycles. The second-order valence-corrected chi connectivity index (χ2v) is 7.14. The molecule has 0 fully saturated rings. The van der Waals surface area contributed by atoms with Crippen molar-refractivity contribution < 1.29 is 9.53 Å². The molecule has 0 amide bonds. The highest BCUT2D eigenvalue weighted by molar-refractivity contribution is 5.90. The van der Waals surface area contributed by atoms with Crippen LogP contribution >= 0.6 is 0 Å². The van der Waals surface area contributed by atoms with E-state index >= 15 is 0 Å². The highest BCUT2D eigenvalue weighted by atomic mass is 16.5. The van der Waals surface area contributed by atoms with Crippen LogP contribution in [0.5, 0.6) is 0 Å². The number of fused-ring (bicyclic) bond motifs is 3. The first-order valence-corrected chi connectivity index (χ1v) is 9.57. The number of anilines is 1. The Bertz CT molecular complexity index is 1180. The van der Waals surface area contributed by atoms with Crippen molar-refractivity contribution in [3.8, 4) is 11.1 Å². The van der Waals surface area contributed by atoms with Crippen molar-refractivity contribution in [3.63, 3.8) is 0 Å². The largest absolute Gasteiger partial charge is 0.465 e. The van der Waals surface area contributed by atoms with Crippen LogP contribution in [0.3, 0.4) is 0 Å². The molecule has 3 heterocycles. The van der Waals surface area contributed by atoms with E-state index in [2.05, 4.69) is 62.3 Å². The minimum absolute atomic E-state index is 0.356. The summed E-state index contributed by atoms with van der Waals surface area (Å²) >= 11 is 0. The number of H-pyrrole nitrogens is 1. The molecule has 1 aliphatic heterocycles. The van der Waals surface area contributed by atoms with Crippen LogP contribution in [-0.2, 0) is 17.7 Å². The van der Waals surface area contributed by atoms with E-state index in [9.17, 15) is 4.79 Å². The maximum Gasteiger partial charge on any atom is 0.341 e. The zero-order chi connectivity index (χ0) is 19.8. The number of nitrogens with zero attached hydrogens (tertiary/aromatic N) is 3. The highest BCUT2D eigenvalue weighted by Gasteiger charge is 2.23. The van der Waals surface area contributed by atoms with E-state index < -0.39 is 5.97 Å². The van der Waals surface area contributed by atoms with Gasteiger partial charge in [0.15, 0.2) is 0 Å². The number of hydrogen-bond acceptors (Lipinski definition) is 5. The molecule has 144 valence electrons. The van der Waals surface area contributed by atoms with Crippen molar-refractivity contribution in [1.29, 1.82) is 0 Å². The van der Waals surface area contributed by atoms with Gasteiger partial charge in [-0.2, -0.15) is 0 Å². The number of ether oxygens (including phenoxy) is 1. The van der Waals surface area contributed by atoms with E-state index in [4.69, 9.17) is 4.74 Å². The zero-order valence-corrected chi connectivity index (χ0v) is 16.1. The number of rotatable bonds is 3. The lowest BCUT2D eigenvalue weighted by molar-refractivity contribution is 0.0600. The van der Waals surface area contributed by atoms with Crippen LogP contribution in [0.15, 0.2) is 60.9 Å². The molecule has 0 radical (unpaired) electrons. The Morgan fingerprint density at radius 1 is 1.07 bits per heavy atom. The fourth-order valence-corrected chi connectivity index (χ4v) is 3.91. The SMILES string of the molecule is COC(=O)c1cnc(N2CCc3[nH]c4cc(-c5ccccc5)ccc4c3C2)nc1. The minimum Gasteiger partial charge on any atom is -0.465 e. The van der Waals surface area contributed by atoms with Gasteiger partial charge >= 0.3 is 5.97 Å². The Labute approximate surface area is 168 Å². The molecule has 6 nitrogen and oxygen atoms in total. The first-order chi connectivity index (χ1) is 14.2. The average molecular weight is 384 g/mol. The van der Waals surface area contributed by atoms with E-state index in [1.807, 2.05) is 6.07 Å². The van der Waals surface area contributed by atoms with Crippen molar-refractivity contribution in [2.75, 3.05) is 18.6 Å². The summed E-state index contributed by atoms with van der Waals surface area (Å²) < 4.78 is 4.71. The van der Waals surface area contributed by atoms with Crippen molar-refractivity contribution in [1.82, 2.24) is 15.0 Å². The molecule has 29 heavy (non-hydrogen) atoms. The summed E-state index contributed by atoms with van der Waals surface area (Å²) in [5.74, 6) is 0.196. The van der Waals surface area contributed by atoms with Gasteiger partial charge in [0.1, 0.15) is 0 Å². The Morgan fingerprint density at radius 3 is 2.62 bits per heavy atom. The quantitative estimate of drug-likeness (QED) is 0.541. The van der Waals surface area contributed by atoms with Crippen LogP contribution in [0.4, 0.5) is 5.95 Å². The number of carbonyl (C=O) groups excluding carboxylic acids is 1. The normalized spacial score (nSPS) is 13.3.